The van der Waals surface area contributed by atoms with E-state index in [4.69, 9.17) is 20.8 Å². The first kappa shape index (κ1) is 19.0. The van der Waals surface area contributed by atoms with Crippen molar-refractivity contribution < 1.29 is 9.15 Å². The molecule has 0 aliphatic rings. The van der Waals surface area contributed by atoms with E-state index in [1.165, 1.54) is 6.07 Å². The molecule has 0 fully saturated rings. The van der Waals surface area contributed by atoms with Crippen molar-refractivity contribution in [3.63, 3.8) is 0 Å². The molecule has 0 radical (unpaired) electrons. The van der Waals surface area contributed by atoms with Gasteiger partial charge in [-0.15, -0.1) is 0 Å². The summed E-state index contributed by atoms with van der Waals surface area (Å²) < 4.78 is 11.2. The van der Waals surface area contributed by atoms with Crippen LogP contribution < -0.4 is 10.4 Å². The van der Waals surface area contributed by atoms with Gasteiger partial charge in [0, 0.05) is 28.3 Å². The molecule has 29 heavy (non-hydrogen) atoms. The molecule has 1 aromatic heterocycles. The lowest BCUT2D eigenvalue weighted by atomic mass is 10.1. The average Bonchev–Trinajstić information content (AvgIpc) is 2.72. The van der Waals surface area contributed by atoms with Crippen LogP contribution in [0.15, 0.2) is 87.0 Å². The second-order valence-corrected chi connectivity index (χ2v) is 7.12. The normalized spacial score (nSPS) is 11.2. The predicted molar refractivity (Wildman–Crippen MR) is 117 cm³/mol. The van der Waals surface area contributed by atoms with Gasteiger partial charge >= 0.3 is 5.63 Å². The minimum atomic E-state index is -0.379. The topological polar surface area (TPSA) is 51.8 Å². The summed E-state index contributed by atoms with van der Waals surface area (Å²) in [4.78, 5) is 16.3. The second kappa shape index (κ2) is 8.33. The van der Waals surface area contributed by atoms with Gasteiger partial charge in [0.2, 0.25) is 0 Å². The van der Waals surface area contributed by atoms with Crippen LogP contribution in [0.4, 0.5) is 5.69 Å². The third-order valence-electron chi connectivity index (χ3n) is 4.45. The van der Waals surface area contributed by atoms with Gasteiger partial charge in [-0.05, 0) is 72.6 Å². The molecule has 0 unspecified atom stereocenters. The molecule has 0 amide bonds. The van der Waals surface area contributed by atoms with Crippen LogP contribution in [-0.2, 0) is 6.61 Å². The number of rotatable bonds is 5. The fourth-order valence-electron chi connectivity index (χ4n) is 2.94. The SMILES string of the molecule is Cc1ccc2c(COc3ccc(C=Nc4ccc(Cl)cc4)cc3)cc(=O)oc2c1. The smallest absolute Gasteiger partial charge is 0.336 e. The molecular formula is C24H18ClNO3. The molecule has 0 saturated heterocycles. The maximum atomic E-state index is 11.8. The van der Waals surface area contributed by atoms with Gasteiger partial charge in [-0.3, -0.25) is 4.99 Å². The fraction of sp³-hybridized carbons (Fsp3) is 0.0833. The van der Waals surface area contributed by atoms with Crippen LogP contribution in [-0.4, -0.2) is 6.21 Å². The predicted octanol–water partition coefficient (Wildman–Crippen LogP) is 6.08. The number of halogens is 1. The zero-order valence-electron chi connectivity index (χ0n) is 15.8. The number of aliphatic imine (C=N–C) groups is 1. The van der Waals surface area contributed by atoms with Crippen molar-refractivity contribution in [2.24, 2.45) is 4.99 Å². The molecule has 3 aromatic carbocycles. The van der Waals surface area contributed by atoms with Crippen molar-refractivity contribution in [2.75, 3.05) is 0 Å². The highest BCUT2D eigenvalue weighted by Crippen LogP contribution is 2.21. The molecule has 0 N–H and O–H groups in total. The van der Waals surface area contributed by atoms with E-state index in [1.54, 1.807) is 18.3 Å². The second-order valence-electron chi connectivity index (χ2n) is 6.68. The highest BCUT2D eigenvalue weighted by Gasteiger charge is 2.07. The summed E-state index contributed by atoms with van der Waals surface area (Å²) >= 11 is 5.88. The number of fused-ring (bicyclic) bond motifs is 1. The zero-order chi connectivity index (χ0) is 20.2. The Kier molecular flexibility index (Phi) is 5.45. The Balaban J connectivity index is 1.46. The summed E-state index contributed by atoms with van der Waals surface area (Å²) in [6.45, 7) is 2.24. The first-order valence-electron chi connectivity index (χ1n) is 9.13. The standard InChI is InChI=1S/C24H18ClNO3/c1-16-2-11-22-18(13-24(27)29-23(22)12-16)15-28-21-9-3-17(4-10-21)14-26-20-7-5-19(25)6-8-20/h2-14H,15H2,1H3. The Morgan fingerprint density at radius 2 is 1.76 bits per heavy atom. The van der Waals surface area contributed by atoms with Crippen molar-refractivity contribution >= 4 is 34.5 Å². The van der Waals surface area contributed by atoms with Gasteiger partial charge in [-0.1, -0.05) is 23.7 Å². The Bertz CT molecular complexity index is 1230. The zero-order valence-corrected chi connectivity index (χ0v) is 16.5. The molecule has 144 valence electrons. The number of nitrogens with zero attached hydrogens (tertiary/aromatic N) is 1. The molecule has 0 aliphatic carbocycles. The van der Waals surface area contributed by atoms with Gasteiger partial charge in [0.1, 0.15) is 17.9 Å². The van der Waals surface area contributed by atoms with Crippen LogP contribution >= 0.6 is 11.6 Å². The van der Waals surface area contributed by atoms with Crippen molar-refractivity contribution in [2.45, 2.75) is 13.5 Å². The summed E-state index contributed by atoms with van der Waals surface area (Å²) in [7, 11) is 0. The van der Waals surface area contributed by atoms with Crippen LogP contribution in [0, 0.1) is 6.92 Å². The summed E-state index contributed by atoms with van der Waals surface area (Å²) in [6.07, 6.45) is 1.78. The average molecular weight is 404 g/mol. The van der Waals surface area contributed by atoms with E-state index in [-0.39, 0.29) is 12.2 Å². The molecule has 4 nitrogen and oxygen atoms in total. The van der Waals surface area contributed by atoms with E-state index in [1.807, 2.05) is 61.5 Å². The van der Waals surface area contributed by atoms with E-state index >= 15 is 0 Å². The fourth-order valence-corrected chi connectivity index (χ4v) is 3.07. The van der Waals surface area contributed by atoms with E-state index in [9.17, 15) is 4.79 Å². The van der Waals surface area contributed by atoms with Gasteiger partial charge < -0.3 is 9.15 Å². The van der Waals surface area contributed by atoms with E-state index < -0.39 is 0 Å². The first-order valence-corrected chi connectivity index (χ1v) is 9.50. The maximum Gasteiger partial charge on any atom is 0.336 e. The minimum absolute atomic E-state index is 0.281. The van der Waals surface area contributed by atoms with Gasteiger partial charge in [-0.25, -0.2) is 4.79 Å². The number of ether oxygens (including phenoxy) is 1. The first-order chi connectivity index (χ1) is 14.1. The molecule has 4 rings (SSSR count). The molecule has 5 heteroatoms. The molecule has 0 spiro atoms. The Morgan fingerprint density at radius 3 is 2.52 bits per heavy atom. The molecule has 4 aromatic rings. The molecule has 0 aliphatic heterocycles. The van der Waals surface area contributed by atoms with Gasteiger partial charge in [-0.2, -0.15) is 0 Å². The van der Waals surface area contributed by atoms with E-state index in [2.05, 4.69) is 4.99 Å². The molecule has 1 heterocycles. The Labute approximate surface area is 173 Å². The summed E-state index contributed by atoms with van der Waals surface area (Å²) in [5.41, 5.74) is 3.81. The van der Waals surface area contributed by atoms with Crippen LogP contribution in [0.25, 0.3) is 11.0 Å². The van der Waals surface area contributed by atoms with Crippen LogP contribution in [0.3, 0.4) is 0 Å². The monoisotopic (exact) mass is 403 g/mol. The van der Waals surface area contributed by atoms with Crippen molar-refractivity contribution in [1.82, 2.24) is 0 Å². The molecule has 0 atom stereocenters. The highest BCUT2D eigenvalue weighted by atomic mass is 35.5. The minimum Gasteiger partial charge on any atom is -0.489 e. The number of aryl methyl sites for hydroxylation is 1. The van der Waals surface area contributed by atoms with Crippen LogP contribution in [0.1, 0.15) is 16.7 Å². The number of hydrogen-bond donors (Lipinski definition) is 0. The van der Waals surface area contributed by atoms with Crippen LogP contribution in [0.2, 0.25) is 5.02 Å². The number of hydrogen-bond acceptors (Lipinski definition) is 4. The summed E-state index contributed by atoms with van der Waals surface area (Å²) in [5.74, 6) is 0.710. The molecule has 0 bridgehead atoms. The van der Waals surface area contributed by atoms with Crippen molar-refractivity contribution in [3.8, 4) is 5.75 Å². The van der Waals surface area contributed by atoms with Crippen molar-refractivity contribution in [3.05, 3.63) is 105 Å². The number of benzene rings is 3. The van der Waals surface area contributed by atoms with E-state index in [0.717, 1.165) is 27.8 Å². The van der Waals surface area contributed by atoms with Crippen molar-refractivity contribution in [1.29, 1.82) is 0 Å². The van der Waals surface area contributed by atoms with Gasteiger partial charge in [0.25, 0.3) is 0 Å². The lowest BCUT2D eigenvalue weighted by Crippen LogP contribution is -2.04. The Hall–Kier alpha value is -3.37. The van der Waals surface area contributed by atoms with Gasteiger partial charge in [0.05, 0.1) is 5.69 Å². The lowest BCUT2D eigenvalue weighted by Gasteiger charge is -2.09. The lowest BCUT2D eigenvalue weighted by molar-refractivity contribution is 0.306. The summed E-state index contributed by atoms with van der Waals surface area (Å²) in [5, 5.41) is 1.56. The Morgan fingerprint density at radius 1 is 1.00 bits per heavy atom. The summed E-state index contributed by atoms with van der Waals surface area (Å²) in [6, 6.07) is 22.2. The van der Waals surface area contributed by atoms with E-state index in [0.29, 0.717) is 16.4 Å². The third-order valence-corrected chi connectivity index (χ3v) is 4.70. The maximum absolute atomic E-state index is 11.8. The third kappa shape index (κ3) is 4.73. The molecular weight excluding hydrogens is 386 g/mol. The quantitative estimate of drug-likeness (QED) is 0.299. The van der Waals surface area contributed by atoms with Crippen LogP contribution in [0.5, 0.6) is 5.75 Å². The van der Waals surface area contributed by atoms with Gasteiger partial charge in [0.15, 0.2) is 0 Å². The molecule has 0 saturated carbocycles. The largest absolute Gasteiger partial charge is 0.489 e. The highest BCUT2D eigenvalue weighted by molar-refractivity contribution is 6.30.